The number of rotatable bonds is 2. The van der Waals surface area contributed by atoms with Crippen molar-refractivity contribution in [1.82, 2.24) is 4.98 Å². The summed E-state index contributed by atoms with van der Waals surface area (Å²) in [5.74, 6) is 2.54. The summed E-state index contributed by atoms with van der Waals surface area (Å²) in [6, 6.07) is 1.46. The van der Waals surface area contributed by atoms with E-state index < -0.39 is 18.3 Å². The average Bonchev–Trinajstić information content (AvgIpc) is 2.48. The second-order valence-electron chi connectivity index (χ2n) is 5.70. The predicted octanol–water partition coefficient (Wildman–Crippen LogP) is 0.850. The summed E-state index contributed by atoms with van der Waals surface area (Å²) in [5, 5.41) is 0. The highest BCUT2D eigenvalue weighted by molar-refractivity contribution is 6.62. The quantitative estimate of drug-likeness (QED) is 0.632. The van der Waals surface area contributed by atoms with E-state index in [1.807, 2.05) is 27.7 Å². The minimum Gasteiger partial charge on any atom is -0.399 e. The highest BCUT2D eigenvalue weighted by Gasteiger charge is 2.52. The first-order valence-electron chi connectivity index (χ1n) is 6.28. The summed E-state index contributed by atoms with van der Waals surface area (Å²) >= 11 is 0. The molecule has 0 radical (unpaired) electrons. The molecule has 4 nitrogen and oxygen atoms in total. The van der Waals surface area contributed by atoms with Crippen LogP contribution in [0.3, 0.4) is 0 Å². The van der Waals surface area contributed by atoms with Crippen molar-refractivity contribution in [2.75, 3.05) is 0 Å². The van der Waals surface area contributed by atoms with Crippen LogP contribution in [0.5, 0.6) is 0 Å². The van der Waals surface area contributed by atoms with Crippen LogP contribution in [0.4, 0.5) is 0 Å². The van der Waals surface area contributed by atoms with Gasteiger partial charge in [-0.1, -0.05) is 0 Å². The number of H-pyrrole nitrogens is 1. The molecule has 1 fully saturated rings. The van der Waals surface area contributed by atoms with Crippen LogP contribution in [0.25, 0.3) is 0 Å². The summed E-state index contributed by atoms with van der Waals surface area (Å²) in [5.41, 5.74) is 0.0656. The second-order valence-corrected chi connectivity index (χ2v) is 5.70. The molecule has 1 aliphatic rings. The molecule has 0 saturated carbocycles. The van der Waals surface area contributed by atoms with Crippen molar-refractivity contribution in [2.45, 2.75) is 45.3 Å². The molecule has 19 heavy (non-hydrogen) atoms. The van der Waals surface area contributed by atoms with Crippen molar-refractivity contribution in [3.05, 3.63) is 28.2 Å². The number of hydrogen-bond acceptors (Lipinski definition) is 3. The molecule has 0 aliphatic carbocycles. The Kier molecular flexibility index (Phi) is 3.33. The van der Waals surface area contributed by atoms with Crippen molar-refractivity contribution in [2.24, 2.45) is 0 Å². The van der Waals surface area contributed by atoms with Gasteiger partial charge >= 0.3 is 7.12 Å². The topological polar surface area (TPSA) is 51.3 Å². The van der Waals surface area contributed by atoms with E-state index in [2.05, 4.69) is 10.9 Å². The molecule has 0 spiro atoms. The van der Waals surface area contributed by atoms with E-state index in [0.717, 1.165) is 0 Å². The third kappa shape index (κ3) is 2.34. The van der Waals surface area contributed by atoms with Gasteiger partial charge in [0.1, 0.15) is 0 Å². The molecule has 0 unspecified atom stereocenters. The van der Waals surface area contributed by atoms with Gasteiger partial charge in [0, 0.05) is 24.4 Å². The molecule has 5 heteroatoms. The minimum atomic E-state index is -0.682. The lowest BCUT2D eigenvalue weighted by atomic mass is 9.77. The first kappa shape index (κ1) is 13.9. The SMILES string of the molecule is C#CCc1[nH]ccc(=O)c1B1OC(C)(C)C(C)(C)O1. The number of hydrogen-bond donors (Lipinski definition) is 1. The van der Waals surface area contributed by atoms with Crippen molar-refractivity contribution in [3.8, 4) is 12.3 Å². The molecule has 1 aromatic heterocycles. The third-order valence-electron chi connectivity index (χ3n) is 3.85. The molecule has 0 bridgehead atoms. The van der Waals surface area contributed by atoms with Gasteiger partial charge in [0.25, 0.3) is 0 Å². The zero-order valence-electron chi connectivity index (χ0n) is 11.7. The Labute approximate surface area is 113 Å². The molecular formula is C14H18BNO3. The van der Waals surface area contributed by atoms with Gasteiger partial charge in [0.05, 0.1) is 16.7 Å². The Morgan fingerprint density at radius 2 is 1.89 bits per heavy atom. The van der Waals surface area contributed by atoms with Crippen molar-refractivity contribution in [1.29, 1.82) is 0 Å². The van der Waals surface area contributed by atoms with Crippen LogP contribution in [0.2, 0.25) is 0 Å². The minimum absolute atomic E-state index is 0.123. The number of aromatic nitrogens is 1. The Morgan fingerprint density at radius 1 is 1.32 bits per heavy atom. The third-order valence-corrected chi connectivity index (χ3v) is 3.85. The van der Waals surface area contributed by atoms with E-state index in [4.69, 9.17) is 15.7 Å². The maximum Gasteiger partial charge on any atom is 0.500 e. The molecule has 0 aromatic carbocycles. The van der Waals surface area contributed by atoms with E-state index in [0.29, 0.717) is 17.6 Å². The van der Waals surface area contributed by atoms with Gasteiger partial charge in [-0.2, -0.15) is 0 Å². The number of aromatic amines is 1. The van der Waals surface area contributed by atoms with Gasteiger partial charge in [0.15, 0.2) is 5.43 Å². The van der Waals surface area contributed by atoms with Crippen molar-refractivity contribution < 1.29 is 9.31 Å². The van der Waals surface area contributed by atoms with Crippen molar-refractivity contribution in [3.63, 3.8) is 0 Å². The number of terminal acetylenes is 1. The summed E-state index contributed by atoms with van der Waals surface area (Å²) in [6.45, 7) is 7.80. The highest BCUT2D eigenvalue weighted by Crippen LogP contribution is 2.36. The maximum absolute atomic E-state index is 12.1. The second kappa shape index (κ2) is 4.55. The molecule has 1 aliphatic heterocycles. The van der Waals surface area contributed by atoms with Gasteiger partial charge < -0.3 is 14.3 Å². The highest BCUT2D eigenvalue weighted by atomic mass is 16.7. The first-order valence-corrected chi connectivity index (χ1v) is 6.28. The fourth-order valence-electron chi connectivity index (χ4n) is 2.00. The predicted molar refractivity (Wildman–Crippen MR) is 75.3 cm³/mol. The molecule has 1 saturated heterocycles. The summed E-state index contributed by atoms with van der Waals surface area (Å²) in [7, 11) is -0.682. The largest absolute Gasteiger partial charge is 0.500 e. The van der Waals surface area contributed by atoms with Gasteiger partial charge in [-0.3, -0.25) is 4.79 Å². The van der Waals surface area contributed by atoms with Crippen LogP contribution in [0.15, 0.2) is 17.1 Å². The zero-order valence-corrected chi connectivity index (χ0v) is 11.7. The summed E-state index contributed by atoms with van der Waals surface area (Å²) < 4.78 is 11.8. The van der Waals surface area contributed by atoms with Gasteiger partial charge in [-0.25, -0.2) is 0 Å². The smallest absolute Gasteiger partial charge is 0.399 e. The fourth-order valence-corrected chi connectivity index (χ4v) is 2.00. The molecule has 100 valence electrons. The van der Waals surface area contributed by atoms with E-state index in [1.165, 1.54) is 6.07 Å². The maximum atomic E-state index is 12.1. The number of nitrogens with one attached hydrogen (secondary N) is 1. The fraction of sp³-hybridized carbons (Fsp3) is 0.500. The van der Waals surface area contributed by atoms with Gasteiger partial charge in [-0.05, 0) is 27.7 Å². The number of pyridine rings is 1. The van der Waals surface area contributed by atoms with Crippen LogP contribution in [-0.4, -0.2) is 23.3 Å². The normalized spacial score (nSPS) is 20.3. The van der Waals surface area contributed by atoms with E-state index >= 15 is 0 Å². The summed E-state index contributed by atoms with van der Waals surface area (Å²) in [6.07, 6.45) is 7.26. The lowest BCUT2D eigenvalue weighted by Gasteiger charge is -2.32. The van der Waals surface area contributed by atoms with Crippen LogP contribution in [0, 0.1) is 12.3 Å². The lowest BCUT2D eigenvalue weighted by Crippen LogP contribution is -2.46. The van der Waals surface area contributed by atoms with Crippen LogP contribution < -0.4 is 10.9 Å². The lowest BCUT2D eigenvalue weighted by molar-refractivity contribution is 0.00578. The monoisotopic (exact) mass is 259 g/mol. The Morgan fingerprint density at radius 3 is 2.42 bits per heavy atom. The van der Waals surface area contributed by atoms with Gasteiger partial charge in [0.2, 0.25) is 0 Å². The molecule has 2 rings (SSSR count). The van der Waals surface area contributed by atoms with E-state index in [9.17, 15) is 4.79 Å². The Balaban J connectivity index is 2.45. The average molecular weight is 259 g/mol. The zero-order chi connectivity index (χ0) is 14.3. The molecule has 0 amide bonds. The Bertz CT molecular complexity index is 567. The standard InChI is InChI=1S/C14H18BNO3/c1-6-7-10-12(11(17)8-9-16-10)15-18-13(2,3)14(4,5)19-15/h1,8-9H,7H2,2-5H3,(H,16,17). The van der Waals surface area contributed by atoms with Crippen LogP contribution in [0.1, 0.15) is 33.4 Å². The van der Waals surface area contributed by atoms with E-state index in [-0.39, 0.29) is 5.43 Å². The Hall–Kier alpha value is -1.51. The molecular weight excluding hydrogens is 241 g/mol. The molecule has 0 atom stereocenters. The van der Waals surface area contributed by atoms with Crippen LogP contribution >= 0.6 is 0 Å². The summed E-state index contributed by atoms with van der Waals surface area (Å²) in [4.78, 5) is 15.1. The van der Waals surface area contributed by atoms with Gasteiger partial charge in [-0.15, -0.1) is 12.3 Å². The molecule has 1 N–H and O–H groups in total. The van der Waals surface area contributed by atoms with Crippen molar-refractivity contribution >= 4 is 12.6 Å². The van der Waals surface area contributed by atoms with Crippen LogP contribution in [-0.2, 0) is 15.7 Å². The molecule has 1 aromatic rings. The molecule has 2 heterocycles. The first-order chi connectivity index (χ1) is 8.78. The van der Waals surface area contributed by atoms with E-state index in [1.54, 1.807) is 6.20 Å².